The molecular weight excluding hydrogens is 533 g/mol. The molecule has 2 aliphatic rings. The zero-order valence-corrected chi connectivity index (χ0v) is 23.2. The number of Topliss-reactive ketones (excluding diaryl/α,β-unsaturated/α-hetero) is 1. The van der Waals surface area contributed by atoms with Crippen LogP contribution in [0.15, 0.2) is 36.4 Å². The van der Waals surface area contributed by atoms with E-state index < -0.39 is 27.4 Å². The molecule has 4 rings (SSSR count). The number of likely N-dealkylation sites (N-methyl/N-ethyl adjacent to an activating group) is 1. The largest absolute Gasteiger partial charge is 0.356 e. The van der Waals surface area contributed by atoms with E-state index in [-0.39, 0.29) is 34.7 Å². The highest BCUT2D eigenvalue weighted by Crippen LogP contribution is 2.41. The van der Waals surface area contributed by atoms with E-state index in [9.17, 15) is 27.2 Å². The number of nitrogens with zero attached hydrogens (tertiary/aromatic N) is 3. The molecule has 0 aromatic heterocycles. The first-order valence-corrected chi connectivity index (χ1v) is 14.8. The van der Waals surface area contributed by atoms with Gasteiger partial charge in [0, 0.05) is 45.7 Å². The molecule has 2 aromatic carbocycles. The standard InChI is InChI=1S/C27H31ClFN3O5S/c1-30(2)27(35)25(33)22-15-32(16-38(3,36)37)24-14-23(28)21(13-20(22)24)26(34)31-10-8-18(9-11-31)12-17-4-6-19(29)7-5-17/h4-7,13-14,18,22H,8-12,15-16H2,1-3H3. The second kappa shape index (κ2) is 11.0. The van der Waals surface area contributed by atoms with Crippen LogP contribution in [0.3, 0.4) is 0 Å². The highest BCUT2D eigenvalue weighted by molar-refractivity contribution is 7.90. The summed E-state index contributed by atoms with van der Waals surface area (Å²) in [5.41, 5.74) is 2.13. The third-order valence-electron chi connectivity index (χ3n) is 7.13. The molecule has 1 atom stereocenters. The van der Waals surface area contributed by atoms with Crippen LogP contribution in [0.1, 0.15) is 40.2 Å². The van der Waals surface area contributed by atoms with Crippen molar-refractivity contribution in [2.75, 3.05) is 50.8 Å². The van der Waals surface area contributed by atoms with Gasteiger partial charge in [-0.05, 0) is 60.6 Å². The molecular formula is C27H31ClFN3O5S. The van der Waals surface area contributed by atoms with E-state index in [1.165, 1.54) is 42.1 Å². The highest BCUT2D eigenvalue weighted by atomic mass is 35.5. The molecule has 0 radical (unpaired) electrons. The molecule has 0 N–H and O–H groups in total. The van der Waals surface area contributed by atoms with E-state index in [1.807, 2.05) is 0 Å². The summed E-state index contributed by atoms with van der Waals surface area (Å²) in [5, 5.41) is 0.160. The number of ketones is 1. The maximum absolute atomic E-state index is 13.5. The normalized spacial score (nSPS) is 17.9. The van der Waals surface area contributed by atoms with Gasteiger partial charge in [-0.1, -0.05) is 23.7 Å². The summed E-state index contributed by atoms with van der Waals surface area (Å²) in [5.74, 6) is -2.80. The fourth-order valence-corrected chi connectivity index (χ4v) is 6.23. The minimum absolute atomic E-state index is 0.00354. The van der Waals surface area contributed by atoms with Crippen molar-refractivity contribution in [3.63, 3.8) is 0 Å². The van der Waals surface area contributed by atoms with Gasteiger partial charge in [-0.3, -0.25) is 14.4 Å². The van der Waals surface area contributed by atoms with Gasteiger partial charge in [-0.15, -0.1) is 0 Å². The van der Waals surface area contributed by atoms with Crippen LogP contribution in [-0.4, -0.2) is 81.7 Å². The molecule has 0 bridgehead atoms. The van der Waals surface area contributed by atoms with Crippen molar-refractivity contribution in [1.82, 2.24) is 9.80 Å². The molecule has 2 aliphatic heterocycles. The third-order valence-corrected chi connectivity index (χ3v) is 8.22. The lowest BCUT2D eigenvalue weighted by Crippen LogP contribution is -2.39. The fourth-order valence-electron chi connectivity index (χ4n) is 5.18. The zero-order valence-electron chi connectivity index (χ0n) is 21.6. The molecule has 1 saturated heterocycles. The Morgan fingerprint density at radius 2 is 1.71 bits per heavy atom. The van der Waals surface area contributed by atoms with E-state index in [4.69, 9.17) is 11.6 Å². The van der Waals surface area contributed by atoms with Crippen molar-refractivity contribution in [2.45, 2.75) is 25.2 Å². The molecule has 2 aromatic rings. The van der Waals surface area contributed by atoms with Gasteiger partial charge in [0.25, 0.3) is 11.8 Å². The van der Waals surface area contributed by atoms with Crippen molar-refractivity contribution < 1.29 is 27.2 Å². The van der Waals surface area contributed by atoms with Crippen molar-refractivity contribution >= 4 is 44.7 Å². The van der Waals surface area contributed by atoms with E-state index in [0.717, 1.165) is 31.1 Å². The Balaban J connectivity index is 1.55. The van der Waals surface area contributed by atoms with Gasteiger partial charge in [-0.2, -0.15) is 0 Å². The van der Waals surface area contributed by atoms with E-state index in [2.05, 4.69) is 0 Å². The first kappa shape index (κ1) is 28.0. The predicted octanol–water partition coefficient (Wildman–Crippen LogP) is 3.14. The predicted molar refractivity (Wildman–Crippen MR) is 144 cm³/mol. The Morgan fingerprint density at radius 3 is 2.29 bits per heavy atom. The summed E-state index contributed by atoms with van der Waals surface area (Å²) < 4.78 is 37.3. The molecule has 1 unspecified atom stereocenters. The molecule has 0 spiro atoms. The van der Waals surface area contributed by atoms with Crippen molar-refractivity contribution in [2.24, 2.45) is 5.92 Å². The average molecular weight is 564 g/mol. The first-order chi connectivity index (χ1) is 17.8. The Labute approximate surface area is 227 Å². The summed E-state index contributed by atoms with van der Waals surface area (Å²) in [6, 6.07) is 9.52. The zero-order chi connectivity index (χ0) is 27.8. The summed E-state index contributed by atoms with van der Waals surface area (Å²) in [6.45, 7) is 1.06. The molecule has 2 amide bonds. The Kier molecular flexibility index (Phi) is 8.13. The molecule has 1 fully saturated rings. The molecule has 11 heteroatoms. The number of carbonyl (C=O) groups is 3. The number of rotatable bonds is 7. The number of anilines is 1. The van der Waals surface area contributed by atoms with Crippen molar-refractivity contribution in [3.05, 3.63) is 63.9 Å². The molecule has 0 aliphatic carbocycles. The number of hydrogen-bond donors (Lipinski definition) is 0. The Morgan fingerprint density at radius 1 is 1.08 bits per heavy atom. The van der Waals surface area contributed by atoms with Gasteiger partial charge >= 0.3 is 0 Å². The van der Waals surface area contributed by atoms with Gasteiger partial charge in [0.15, 0.2) is 9.84 Å². The fraction of sp³-hybridized carbons (Fsp3) is 0.444. The maximum Gasteiger partial charge on any atom is 0.290 e. The van der Waals surface area contributed by atoms with E-state index >= 15 is 0 Å². The molecule has 38 heavy (non-hydrogen) atoms. The summed E-state index contributed by atoms with van der Waals surface area (Å²) >= 11 is 6.53. The van der Waals surface area contributed by atoms with Gasteiger partial charge in [0.05, 0.1) is 16.5 Å². The number of sulfone groups is 1. The summed E-state index contributed by atoms with van der Waals surface area (Å²) in [4.78, 5) is 43.4. The summed E-state index contributed by atoms with van der Waals surface area (Å²) in [6.07, 6.45) is 3.46. The molecule has 8 nitrogen and oxygen atoms in total. The molecule has 204 valence electrons. The monoisotopic (exact) mass is 563 g/mol. The Bertz CT molecular complexity index is 1360. The molecule has 2 heterocycles. The number of fused-ring (bicyclic) bond motifs is 1. The van der Waals surface area contributed by atoms with Crippen LogP contribution in [0, 0.1) is 11.7 Å². The van der Waals surface area contributed by atoms with Crippen molar-refractivity contribution in [3.8, 4) is 0 Å². The van der Waals surface area contributed by atoms with Crippen LogP contribution < -0.4 is 4.90 Å². The number of halogens is 2. The van der Waals surface area contributed by atoms with Crippen LogP contribution in [0.4, 0.5) is 10.1 Å². The van der Waals surface area contributed by atoms with Crippen LogP contribution in [0.25, 0.3) is 0 Å². The number of benzene rings is 2. The third kappa shape index (κ3) is 6.18. The second-order valence-corrected chi connectivity index (χ2v) is 12.9. The summed E-state index contributed by atoms with van der Waals surface area (Å²) in [7, 11) is -0.494. The van der Waals surface area contributed by atoms with Crippen molar-refractivity contribution in [1.29, 1.82) is 0 Å². The molecule has 0 saturated carbocycles. The van der Waals surface area contributed by atoms with Gasteiger partial charge in [-0.25, -0.2) is 12.8 Å². The second-order valence-electron chi connectivity index (χ2n) is 10.4. The minimum atomic E-state index is -3.44. The van der Waals surface area contributed by atoms with E-state index in [0.29, 0.717) is 30.3 Å². The topological polar surface area (TPSA) is 95.1 Å². The van der Waals surface area contributed by atoms with Crippen LogP contribution in [-0.2, 0) is 25.8 Å². The lowest BCUT2D eigenvalue weighted by Gasteiger charge is -2.32. The minimum Gasteiger partial charge on any atom is -0.356 e. The lowest BCUT2D eigenvalue weighted by molar-refractivity contribution is -0.143. The first-order valence-electron chi connectivity index (χ1n) is 12.4. The number of amides is 2. The van der Waals surface area contributed by atoms with Gasteiger partial charge < -0.3 is 14.7 Å². The number of piperidine rings is 1. The SMILES string of the molecule is CN(C)C(=O)C(=O)C1CN(CS(C)(=O)=O)c2cc(Cl)c(C(=O)N3CCC(Cc4ccc(F)cc4)CC3)cc21. The average Bonchev–Trinajstić information content (AvgIpc) is 3.19. The number of likely N-dealkylation sites (tertiary alicyclic amines) is 1. The van der Waals surface area contributed by atoms with E-state index in [1.54, 1.807) is 23.1 Å². The number of carbonyl (C=O) groups excluding carboxylic acids is 3. The Hall–Kier alpha value is -2.98. The van der Waals surface area contributed by atoms with Gasteiger partial charge in [0.1, 0.15) is 11.7 Å². The highest BCUT2D eigenvalue weighted by Gasteiger charge is 2.39. The number of hydrogen-bond acceptors (Lipinski definition) is 6. The van der Waals surface area contributed by atoms with Crippen LogP contribution in [0.5, 0.6) is 0 Å². The smallest absolute Gasteiger partial charge is 0.290 e. The van der Waals surface area contributed by atoms with Crippen LogP contribution in [0.2, 0.25) is 5.02 Å². The quantitative estimate of drug-likeness (QED) is 0.480. The lowest BCUT2D eigenvalue weighted by atomic mass is 9.89. The van der Waals surface area contributed by atoms with Gasteiger partial charge in [0.2, 0.25) is 5.78 Å². The van der Waals surface area contributed by atoms with Crippen LogP contribution >= 0.6 is 11.6 Å². The maximum atomic E-state index is 13.5.